The van der Waals surface area contributed by atoms with E-state index in [1.54, 1.807) is 6.20 Å². The van der Waals surface area contributed by atoms with E-state index in [1.165, 1.54) is 0 Å². The monoisotopic (exact) mass is 311 g/mol. The predicted octanol–water partition coefficient (Wildman–Crippen LogP) is 3.99. The summed E-state index contributed by atoms with van der Waals surface area (Å²) in [5.41, 5.74) is 1.89. The molecule has 0 aliphatic heterocycles. The maximum Gasteiger partial charge on any atom is 0.226 e. The first-order chi connectivity index (χ1) is 11.2. The van der Waals surface area contributed by atoms with Gasteiger partial charge < -0.3 is 13.7 Å². The number of aromatic nitrogens is 3. The highest BCUT2D eigenvalue weighted by Gasteiger charge is 2.16. The van der Waals surface area contributed by atoms with Crippen LogP contribution in [0.3, 0.4) is 0 Å². The van der Waals surface area contributed by atoms with Gasteiger partial charge in [0, 0.05) is 24.6 Å². The van der Waals surface area contributed by atoms with Gasteiger partial charge in [-0.25, -0.2) is 9.97 Å². The topological polar surface area (TPSA) is 53.1 Å². The number of oxazole rings is 1. The fourth-order valence-electron chi connectivity index (χ4n) is 2.58. The van der Waals surface area contributed by atoms with Crippen molar-refractivity contribution < 1.29 is 9.15 Å². The van der Waals surface area contributed by atoms with Crippen molar-refractivity contribution in [2.45, 2.75) is 33.4 Å². The maximum atomic E-state index is 5.82. The molecule has 1 atom stereocenters. The molecule has 0 saturated heterocycles. The van der Waals surface area contributed by atoms with Crippen LogP contribution < -0.4 is 0 Å². The standard InChI is InChI=1S/C18H21N3O2/c1-4-22-14(3)17-19-10-11-21(17)12-16-13(2)23-18(20-16)15-8-6-5-7-9-15/h5-11,14H,4,12H2,1-3H3/t14-/m1/s1. The van der Waals surface area contributed by atoms with Crippen molar-refractivity contribution in [2.75, 3.05) is 6.61 Å². The van der Waals surface area contributed by atoms with Crippen LogP contribution in [-0.4, -0.2) is 21.1 Å². The average molecular weight is 311 g/mol. The van der Waals surface area contributed by atoms with Crippen molar-refractivity contribution in [3.8, 4) is 11.5 Å². The first-order valence-corrected chi connectivity index (χ1v) is 7.83. The van der Waals surface area contributed by atoms with E-state index in [9.17, 15) is 0 Å². The van der Waals surface area contributed by atoms with Crippen molar-refractivity contribution in [1.82, 2.24) is 14.5 Å². The molecule has 2 aromatic heterocycles. The minimum absolute atomic E-state index is 0.0456. The summed E-state index contributed by atoms with van der Waals surface area (Å²) in [6.45, 7) is 7.21. The van der Waals surface area contributed by atoms with Gasteiger partial charge in [-0.15, -0.1) is 0 Å². The predicted molar refractivity (Wildman–Crippen MR) is 88.0 cm³/mol. The molecule has 0 fully saturated rings. The molecule has 2 heterocycles. The zero-order valence-corrected chi connectivity index (χ0v) is 13.7. The number of hydrogen-bond donors (Lipinski definition) is 0. The second-order valence-corrected chi connectivity index (χ2v) is 5.40. The molecule has 1 aromatic carbocycles. The highest BCUT2D eigenvalue weighted by atomic mass is 16.5. The van der Waals surface area contributed by atoms with E-state index in [-0.39, 0.29) is 6.10 Å². The van der Waals surface area contributed by atoms with E-state index in [4.69, 9.17) is 9.15 Å². The van der Waals surface area contributed by atoms with Crippen LogP contribution in [0.4, 0.5) is 0 Å². The summed E-state index contributed by atoms with van der Waals surface area (Å²) in [6.07, 6.45) is 3.69. The van der Waals surface area contributed by atoms with Crippen LogP contribution in [0.25, 0.3) is 11.5 Å². The Bertz CT molecular complexity index is 762. The molecule has 5 nitrogen and oxygen atoms in total. The molecule has 0 spiro atoms. The second kappa shape index (κ2) is 6.79. The number of rotatable bonds is 6. The zero-order valence-electron chi connectivity index (χ0n) is 13.7. The van der Waals surface area contributed by atoms with Gasteiger partial charge in [0.1, 0.15) is 23.4 Å². The smallest absolute Gasteiger partial charge is 0.226 e. The average Bonchev–Trinajstić information content (AvgIpc) is 3.16. The first-order valence-electron chi connectivity index (χ1n) is 7.83. The molecule has 3 aromatic rings. The largest absolute Gasteiger partial charge is 0.441 e. The summed E-state index contributed by atoms with van der Waals surface area (Å²) in [4.78, 5) is 9.05. The van der Waals surface area contributed by atoms with Crippen molar-refractivity contribution in [3.05, 3.63) is 60.0 Å². The van der Waals surface area contributed by atoms with Crippen molar-refractivity contribution in [3.63, 3.8) is 0 Å². The molecule has 0 aliphatic rings. The molecule has 0 bridgehead atoms. The van der Waals surface area contributed by atoms with Gasteiger partial charge >= 0.3 is 0 Å². The third-order valence-corrected chi connectivity index (χ3v) is 3.76. The van der Waals surface area contributed by atoms with Crippen LogP contribution in [0.15, 0.2) is 47.1 Å². The van der Waals surface area contributed by atoms with Crippen LogP contribution in [0, 0.1) is 6.92 Å². The van der Waals surface area contributed by atoms with Gasteiger partial charge in [0.25, 0.3) is 0 Å². The van der Waals surface area contributed by atoms with E-state index in [2.05, 4.69) is 14.5 Å². The zero-order chi connectivity index (χ0) is 16.2. The lowest BCUT2D eigenvalue weighted by molar-refractivity contribution is 0.0677. The Labute approximate surface area is 136 Å². The fraction of sp³-hybridized carbons (Fsp3) is 0.333. The minimum atomic E-state index is -0.0456. The molecule has 3 rings (SSSR count). The van der Waals surface area contributed by atoms with E-state index >= 15 is 0 Å². The summed E-state index contributed by atoms with van der Waals surface area (Å²) < 4.78 is 13.5. The highest BCUT2D eigenvalue weighted by molar-refractivity contribution is 5.53. The summed E-state index contributed by atoms with van der Waals surface area (Å²) in [7, 11) is 0. The molecular formula is C18H21N3O2. The van der Waals surface area contributed by atoms with E-state index in [0.29, 0.717) is 19.0 Å². The number of ether oxygens (including phenoxy) is 1. The Morgan fingerprint density at radius 1 is 1.26 bits per heavy atom. The second-order valence-electron chi connectivity index (χ2n) is 5.40. The molecule has 23 heavy (non-hydrogen) atoms. The normalized spacial score (nSPS) is 12.5. The van der Waals surface area contributed by atoms with Gasteiger partial charge in [0.05, 0.1) is 6.54 Å². The molecule has 5 heteroatoms. The minimum Gasteiger partial charge on any atom is -0.441 e. The summed E-state index contributed by atoms with van der Waals surface area (Å²) >= 11 is 0. The Kier molecular flexibility index (Phi) is 4.57. The molecule has 0 amide bonds. The lowest BCUT2D eigenvalue weighted by atomic mass is 10.2. The van der Waals surface area contributed by atoms with E-state index in [0.717, 1.165) is 22.8 Å². The molecular weight excluding hydrogens is 290 g/mol. The molecule has 0 aliphatic carbocycles. The van der Waals surface area contributed by atoms with Crippen LogP contribution >= 0.6 is 0 Å². The van der Waals surface area contributed by atoms with Crippen molar-refractivity contribution in [1.29, 1.82) is 0 Å². The summed E-state index contributed by atoms with van der Waals surface area (Å²) in [5, 5.41) is 0. The van der Waals surface area contributed by atoms with E-state index < -0.39 is 0 Å². The number of benzene rings is 1. The Balaban J connectivity index is 1.85. The molecule has 0 N–H and O–H groups in total. The Morgan fingerprint density at radius 3 is 2.78 bits per heavy atom. The van der Waals surface area contributed by atoms with Gasteiger partial charge in [-0.3, -0.25) is 0 Å². The number of nitrogens with zero attached hydrogens (tertiary/aromatic N) is 3. The fourth-order valence-corrected chi connectivity index (χ4v) is 2.58. The number of hydrogen-bond acceptors (Lipinski definition) is 4. The van der Waals surface area contributed by atoms with Crippen molar-refractivity contribution in [2.24, 2.45) is 0 Å². The molecule has 0 unspecified atom stereocenters. The molecule has 0 radical (unpaired) electrons. The van der Waals surface area contributed by atoms with Gasteiger partial charge in [0.15, 0.2) is 0 Å². The third kappa shape index (κ3) is 3.35. The number of aryl methyl sites for hydroxylation is 1. The summed E-state index contributed by atoms with van der Waals surface area (Å²) in [6, 6.07) is 9.93. The van der Waals surface area contributed by atoms with Crippen LogP contribution in [0.5, 0.6) is 0 Å². The first kappa shape index (κ1) is 15.5. The SMILES string of the molecule is CCO[C@H](C)c1nccn1Cc1nc(-c2ccccc2)oc1C. The molecule has 0 saturated carbocycles. The quantitative estimate of drug-likeness (QED) is 0.690. The Hall–Kier alpha value is -2.40. The van der Waals surface area contributed by atoms with Gasteiger partial charge in [-0.05, 0) is 32.9 Å². The van der Waals surface area contributed by atoms with Crippen LogP contribution in [-0.2, 0) is 11.3 Å². The molecule has 120 valence electrons. The van der Waals surface area contributed by atoms with Gasteiger partial charge in [-0.2, -0.15) is 0 Å². The third-order valence-electron chi connectivity index (χ3n) is 3.76. The lowest BCUT2D eigenvalue weighted by Crippen LogP contribution is -2.10. The van der Waals surface area contributed by atoms with Gasteiger partial charge in [-0.1, -0.05) is 18.2 Å². The highest BCUT2D eigenvalue weighted by Crippen LogP contribution is 2.23. The number of imidazole rings is 1. The van der Waals surface area contributed by atoms with Crippen LogP contribution in [0.1, 0.15) is 37.2 Å². The maximum absolute atomic E-state index is 5.82. The van der Waals surface area contributed by atoms with Crippen molar-refractivity contribution >= 4 is 0 Å². The lowest BCUT2D eigenvalue weighted by Gasteiger charge is -2.13. The Morgan fingerprint density at radius 2 is 2.04 bits per heavy atom. The summed E-state index contributed by atoms with van der Waals surface area (Å²) in [5.74, 6) is 2.38. The van der Waals surface area contributed by atoms with Crippen LogP contribution in [0.2, 0.25) is 0 Å². The van der Waals surface area contributed by atoms with Gasteiger partial charge in [0.2, 0.25) is 5.89 Å². The van der Waals surface area contributed by atoms with E-state index in [1.807, 2.05) is 57.3 Å².